The van der Waals surface area contributed by atoms with E-state index >= 15 is 0 Å². The van der Waals surface area contributed by atoms with Crippen LogP contribution < -0.4 is 5.73 Å². The predicted molar refractivity (Wildman–Crippen MR) is 67.1 cm³/mol. The van der Waals surface area contributed by atoms with E-state index in [4.69, 9.17) is 5.73 Å². The topological polar surface area (TPSA) is 29.3 Å². The van der Waals surface area contributed by atoms with E-state index in [1.165, 1.54) is 6.07 Å². The monoisotopic (exact) mass is 240 g/mol. The van der Waals surface area contributed by atoms with Crippen molar-refractivity contribution in [2.75, 3.05) is 31.1 Å². The van der Waals surface area contributed by atoms with Gasteiger partial charge in [0.25, 0.3) is 0 Å². The molecule has 1 saturated heterocycles. The molecule has 2 nitrogen and oxygen atoms in total. The Balaban J connectivity index is 2.18. The van der Waals surface area contributed by atoms with E-state index in [2.05, 4.69) is 4.90 Å². The van der Waals surface area contributed by atoms with Gasteiger partial charge < -0.3 is 5.73 Å². The standard InChI is InChI=1S/C12H17FN2S/c13-11-4-2-1-3-10(11)12(9-14)15-5-7-16-8-6-15/h1-4,12H,5-9,14H2. The van der Waals surface area contributed by atoms with Crippen molar-refractivity contribution in [2.45, 2.75) is 6.04 Å². The van der Waals surface area contributed by atoms with Gasteiger partial charge in [-0.2, -0.15) is 11.8 Å². The fourth-order valence-corrected chi connectivity index (χ4v) is 3.04. The lowest BCUT2D eigenvalue weighted by Gasteiger charge is -2.34. The molecule has 1 aromatic carbocycles. The van der Waals surface area contributed by atoms with Crippen LogP contribution in [0.25, 0.3) is 0 Å². The fraction of sp³-hybridized carbons (Fsp3) is 0.500. The molecular weight excluding hydrogens is 223 g/mol. The molecule has 1 atom stereocenters. The lowest BCUT2D eigenvalue weighted by Crippen LogP contribution is -2.39. The van der Waals surface area contributed by atoms with Crippen LogP contribution in [0.5, 0.6) is 0 Å². The molecule has 2 N–H and O–H groups in total. The molecule has 1 aliphatic rings. The summed E-state index contributed by atoms with van der Waals surface area (Å²) in [5, 5.41) is 0. The van der Waals surface area contributed by atoms with Crippen molar-refractivity contribution in [1.29, 1.82) is 0 Å². The van der Waals surface area contributed by atoms with Crippen molar-refractivity contribution in [3.8, 4) is 0 Å². The lowest BCUT2D eigenvalue weighted by atomic mass is 10.0. The largest absolute Gasteiger partial charge is 0.329 e. The van der Waals surface area contributed by atoms with Crippen LogP contribution >= 0.6 is 11.8 Å². The van der Waals surface area contributed by atoms with Crippen LogP contribution in [0, 0.1) is 5.82 Å². The summed E-state index contributed by atoms with van der Waals surface area (Å²) in [6, 6.07) is 6.98. The van der Waals surface area contributed by atoms with Gasteiger partial charge >= 0.3 is 0 Å². The summed E-state index contributed by atoms with van der Waals surface area (Å²) in [7, 11) is 0. The highest BCUT2D eigenvalue weighted by Gasteiger charge is 2.23. The van der Waals surface area contributed by atoms with E-state index in [1.807, 2.05) is 23.9 Å². The molecule has 0 saturated carbocycles. The molecule has 1 aromatic rings. The number of halogens is 1. The summed E-state index contributed by atoms with van der Waals surface area (Å²) in [6.07, 6.45) is 0. The first kappa shape index (κ1) is 11.9. The molecule has 0 amide bonds. The minimum absolute atomic E-state index is 0.0297. The van der Waals surface area contributed by atoms with Gasteiger partial charge in [-0.25, -0.2) is 4.39 Å². The summed E-state index contributed by atoms with van der Waals surface area (Å²) < 4.78 is 13.7. The van der Waals surface area contributed by atoms with Crippen LogP contribution in [-0.4, -0.2) is 36.0 Å². The van der Waals surface area contributed by atoms with E-state index < -0.39 is 0 Å². The Labute approximate surface area is 100 Å². The van der Waals surface area contributed by atoms with Crippen molar-refractivity contribution in [1.82, 2.24) is 4.90 Å². The van der Waals surface area contributed by atoms with Gasteiger partial charge in [-0.3, -0.25) is 4.90 Å². The zero-order valence-corrected chi connectivity index (χ0v) is 10.0. The van der Waals surface area contributed by atoms with Gasteiger partial charge in [-0.1, -0.05) is 18.2 Å². The van der Waals surface area contributed by atoms with E-state index in [1.54, 1.807) is 6.07 Å². The van der Waals surface area contributed by atoms with Crippen LogP contribution in [0.3, 0.4) is 0 Å². The zero-order chi connectivity index (χ0) is 11.4. The highest BCUT2D eigenvalue weighted by atomic mass is 32.2. The number of benzene rings is 1. The van der Waals surface area contributed by atoms with E-state index in [0.29, 0.717) is 6.54 Å². The van der Waals surface area contributed by atoms with E-state index in [-0.39, 0.29) is 11.9 Å². The Morgan fingerprint density at radius 3 is 2.62 bits per heavy atom. The molecule has 1 fully saturated rings. The lowest BCUT2D eigenvalue weighted by molar-refractivity contribution is 0.219. The number of rotatable bonds is 3. The average molecular weight is 240 g/mol. The summed E-state index contributed by atoms with van der Waals surface area (Å²) in [5.41, 5.74) is 6.52. The number of thioether (sulfide) groups is 1. The second-order valence-corrected chi connectivity index (χ2v) is 5.15. The van der Waals surface area contributed by atoms with Gasteiger partial charge in [0.05, 0.1) is 0 Å². The molecule has 1 aliphatic heterocycles. The third kappa shape index (κ3) is 2.56. The summed E-state index contributed by atoms with van der Waals surface area (Å²) in [4.78, 5) is 2.29. The molecule has 0 spiro atoms. The van der Waals surface area contributed by atoms with Crippen LogP contribution in [0.15, 0.2) is 24.3 Å². The normalized spacial score (nSPS) is 19.6. The number of nitrogens with two attached hydrogens (primary N) is 1. The van der Waals surface area contributed by atoms with Crippen molar-refractivity contribution in [2.24, 2.45) is 5.73 Å². The first-order valence-electron chi connectivity index (χ1n) is 5.59. The molecule has 0 aromatic heterocycles. The number of hydrogen-bond acceptors (Lipinski definition) is 3. The van der Waals surface area contributed by atoms with Crippen LogP contribution in [0.1, 0.15) is 11.6 Å². The molecule has 0 radical (unpaired) electrons. The van der Waals surface area contributed by atoms with Crippen LogP contribution in [0.2, 0.25) is 0 Å². The molecule has 0 bridgehead atoms. The average Bonchev–Trinajstić information content (AvgIpc) is 2.34. The fourth-order valence-electron chi connectivity index (χ4n) is 2.11. The van der Waals surface area contributed by atoms with Gasteiger partial charge in [0.2, 0.25) is 0 Å². The Kier molecular flexibility index (Phi) is 4.21. The summed E-state index contributed by atoms with van der Waals surface area (Å²) in [6.45, 7) is 2.48. The quantitative estimate of drug-likeness (QED) is 0.874. The Morgan fingerprint density at radius 1 is 1.31 bits per heavy atom. The Hall–Kier alpha value is -0.580. The molecule has 2 rings (SSSR count). The summed E-state index contributed by atoms with van der Waals surface area (Å²) in [5.74, 6) is 2.09. The molecule has 88 valence electrons. The predicted octanol–water partition coefficient (Wildman–Crippen LogP) is 1.87. The van der Waals surface area contributed by atoms with Crippen molar-refractivity contribution in [3.63, 3.8) is 0 Å². The second kappa shape index (κ2) is 5.66. The van der Waals surface area contributed by atoms with E-state index in [0.717, 1.165) is 30.2 Å². The number of hydrogen-bond donors (Lipinski definition) is 1. The highest BCUT2D eigenvalue weighted by molar-refractivity contribution is 7.99. The van der Waals surface area contributed by atoms with Crippen molar-refractivity contribution >= 4 is 11.8 Å². The van der Waals surface area contributed by atoms with Crippen molar-refractivity contribution < 1.29 is 4.39 Å². The second-order valence-electron chi connectivity index (χ2n) is 3.92. The molecular formula is C12H17FN2S. The van der Waals surface area contributed by atoms with Gasteiger partial charge in [-0.05, 0) is 6.07 Å². The van der Waals surface area contributed by atoms with Crippen LogP contribution in [-0.2, 0) is 0 Å². The van der Waals surface area contributed by atoms with Crippen LogP contribution in [0.4, 0.5) is 4.39 Å². The zero-order valence-electron chi connectivity index (χ0n) is 9.23. The minimum Gasteiger partial charge on any atom is -0.329 e. The van der Waals surface area contributed by atoms with Crippen molar-refractivity contribution in [3.05, 3.63) is 35.6 Å². The first-order valence-corrected chi connectivity index (χ1v) is 6.74. The maximum absolute atomic E-state index is 13.7. The number of nitrogens with zero attached hydrogens (tertiary/aromatic N) is 1. The highest BCUT2D eigenvalue weighted by Crippen LogP contribution is 2.25. The van der Waals surface area contributed by atoms with Gasteiger partial charge in [-0.15, -0.1) is 0 Å². The SMILES string of the molecule is NCC(c1ccccc1F)N1CCSCC1. The van der Waals surface area contributed by atoms with Gasteiger partial charge in [0.1, 0.15) is 5.82 Å². The molecule has 4 heteroatoms. The third-order valence-electron chi connectivity index (χ3n) is 2.97. The maximum atomic E-state index is 13.7. The molecule has 1 unspecified atom stereocenters. The molecule has 16 heavy (non-hydrogen) atoms. The Morgan fingerprint density at radius 2 is 2.00 bits per heavy atom. The summed E-state index contributed by atoms with van der Waals surface area (Å²) >= 11 is 1.95. The minimum atomic E-state index is -0.142. The molecule has 1 heterocycles. The maximum Gasteiger partial charge on any atom is 0.128 e. The van der Waals surface area contributed by atoms with Gasteiger partial charge in [0, 0.05) is 42.7 Å². The first-order chi connectivity index (χ1) is 7.83. The molecule has 0 aliphatic carbocycles. The van der Waals surface area contributed by atoms with E-state index in [9.17, 15) is 4.39 Å². The third-order valence-corrected chi connectivity index (χ3v) is 3.92. The Bertz CT molecular complexity index is 340. The smallest absolute Gasteiger partial charge is 0.128 e. The van der Waals surface area contributed by atoms with Gasteiger partial charge in [0.15, 0.2) is 0 Å².